The molecule has 2 aromatic rings. The number of nitrogens with zero attached hydrogens (tertiary/aromatic N) is 4. The van der Waals surface area contributed by atoms with Crippen molar-refractivity contribution in [3.63, 3.8) is 0 Å². The van der Waals surface area contributed by atoms with Crippen LogP contribution in [0.5, 0.6) is 0 Å². The van der Waals surface area contributed by atoms with Gasteiger partial charge in [-0.1, -0.05) is 6.07 Å². The Labute approximate surface area is 155 Å². The molecule has 1 atom stereocenters. The smallest absolute Gasteiger partial charge is 0.217 e. The summed E-state index contributed by atoms with van der Waals surface area (Å²) in [5.74, 6) is -0.0191. The second kappa shape index (κ2) is 7.99. The number of pyridine rings is 1. The molecule has 1 fully saturated rings. The van der Waals surface area contributed by atoms with E-state index in [1.165, 1.54) is 24.6 Å². The molecule has 6 nitrogen and oxygen atoms in total. The summed E-state index contributed by atoms with van der Waals surface area (Å²) in [5.41, 5.74) is 5.90. The highest BCUT2D eigenvalue weighted by Gasteiger charge is 2.28. The van der Waals surface area contributed by atoms with Crippen LogP contribution in [0.15, 0.2) is 18.3 Å². The molecule has 0 aliphatic carbocycles. The van der Waals surface area contributed by atoms with E-state index >= 15 is 0 Å². The van der Waals surface area contributed by atoms with Gasteiger partial charge in [0.2, 0.25) is 5.91 Å². The van der Waals surface area contributed by atoms with Crippen molar-refractivity contribution in [3.05, 3.63) is 46.5 Å². The van der Waals surface area contributed by atoms with Gasteiger partial charge in [0.1, 0.15) is 0 Å². The molecule has 0 spiro atoms. The Morgan fingerprint density at radius 2 is 2.15 bits per heavy atom. The average molecular weight is 355 g/mol. The van der Waals surface area contributed by atoms with Gasteiger partial charge in [-0.3, -0.25) is 19.4 Å². The van der Waals surface area contributed by atoms with E-state index < -0.39 is 0 Å². The van der Waals surface area contributed by atoms with Crippen LogP contribution in [-0.2, 0) is 24.4 Å². The van der Waals surface area contributed by atoms with Gasteiger partial charge in [-0.25, -0.2) is 0 Å². The Morgan fingerprint density at radius 1 is 1.35 bits per heavy atom. The molecule has 0 radical (unpaired) electrons. The molecule has 140 valence electrons. The summed E-state index contributed by atoms with van der Waals surface area (Å²) in [6.07, 6.45) is 4.21. The lowest BCUT2D eigenvalue weighted by Gasteiger charge is -2.24. The molecule has 1 aliphatic heterocycles. The molecule has 1 saturated heterocycles. The van der Waals surface area contributed by atoms with Gasteiger partial charge in [-0.15, -0.1) is 0 Å². The van der Waals surface area contributed by atoms with Gasteiger partial charge in [0.05, 0.1) is 17.4 Å². The molecule has 1 N–H and O–H groups in total. The van der Waals surface area contributed by atoms with Crippen molar-refractivity contribution in [2.45, 2.75) is 66.2 Å². The lowest BCUT2D eigenvalue weighted by Crippen LogP contribution is -2.24. The maximum atomic E-state index is 11.0. The number of aryl methyl sites for hydroxylation is 2. The number of hydrogen-bond donors (Lipinski definition) is 1. The molecule has 3 rings (SSSR count). The van der Waals surface area contributed by atoms with E-state index in [0.29, 0.717) is 12.6 Å². The number of aromatic nitrogens is 3. The van der Waals surface area contributed by atoms with Gasteiger partial charge >= 0.3 is 0 Å². The molecule has 2 aromatic heterocycles. The van der Waals surface area contributed by atoms with E-state index in [2.05, 4.69) is 57.9 Å². The second-order valence-electron chi connectivity index (χ2n) is 7.09. The van der Waals surface area contributed by atoms with E-state index in [9.17, 15) is 4.79 Å². The fraction of sp³-hybridized carbons (Fsp3) is 0.550. The number of amides is 1. The SMILES string of the molecule is CCn1nc(C)c(CN2CCC[C@@H]2c2ccc(CNC(C)=O)cn2)c1C. The van der Waals surface area contributed by atoms with Crippen LogP contribution in [-0.4, -0.2) is 32.1 Å². The van der Waals surface area contributed by atoms with Crippen molar-refractivity contribution >= 4 is 5.91 Å². The first-order valence-electron chi connectivity index (χ1n) is 9.45. The van der Waals surface area contributed by atoms with Gasteiger partial charge < -0.3 is 5.32 Å². The number of hydrogen-bond acceptors (Lipinski definition) is 4. The van der Waals surface area contributed by atoms with Gasteiger partial charge in [0.15, 0.2) is 0 Å². The van der Waals surface area contributed by atoms with Crippen molar-refractivity contribution in [1.82, 2.24) is 25.0 Å². The summed E-state index contributed by atoms with van der Waals surface area (Å²) < 4.78 is 2.09. The average Bonchev–Trinajstić information content (AvgIpc) is 3.20. The minimum Gasteiger partial charge on any atom is -0.352 e. The van der Waals surface area contributed by atoms with Gasteiger partial charge in [0.25, 0.3) is 0 Å². The Kier molecular flexibility index (Phi) is 5.71. The lowest BCUT2D eigenvalue weighted by molar-refractivity contribution is -0.119. The lowest BCUT2D eigenvalue weighted by atomic mass is 10.1. The zero-order valence-corrected chi connectivity index (χ0v) is 16.2. The van der Waals surface area contributed by atoms with E-state index in [1.54, 1.807) is 0 Å². The van der Waals surface area contributed by atoms with Gasteiger partial charge in [-0.05, 0) is 51.8 Å². The number of carbonyl (C=O) groups excluding carboxylic acids is 1. The molecule has 3 heterocycles. The Morgan fingerprint density at radius 3 is 2.77 bits per heavy atom. The summed E-state index contributed by atoms with van der Waals surface area (Å²) >= 11 is 0. The van der Waals surface area contributed by atoms with Gasteiger partial charge in [-0.2, -0.15) is 5.10 Å². The van der Waals surface area contributed by atoms with Crippen molar-refractivity contribution < 1.29 is 4.79 Å². The minimum atomic E-state index is -0.0191. The maximum Gasteiger partial charge on any atom is 0.217 e. The standard InChI is InChI=1S/C20H29N5O/c1-5-25-15(3)18(14(2)23-25)13-24-10-6-7-20(24)19-9-8-17(12-22-19)11-21-16(4)26/h8-9,12,20H,5-7,10-11,13H2,1-4H3,(H,21,26)/t20-/m1/s1. The van der Waals surface area contributed by atoms with Crippen molar-refractivity contribution in [3.8, 4) is 0 Å². The van der Waals surface area contributed by atoms with Crippen LogP contribution in [0, 0.1) is 13.8 Å². The van der Waals surface area contributed by atoms with Crippen molar-refractivity contribution in [1.29, 1.82) is 0 Å². The predicted molar refractivity (Wildman–Crippen MR) is 102 cm³/mol. The first-order valence-corrected chi connectivity index (χ1v) is 9.45. The fourth-order valence-electron chi connectivity index (χ4n) is 3.79. The minimum absolute atomic E-state index is 0.0191. The van der Waals surface area contributed by atoms with Crippen LogP contribution < -0.4 is 5.32 Å². The third-order valence-electron chi connectivity index (χ3n) is 5.29. The van der Waals surface area contributed by atoms with Crippen molar-refractivity contribution in [2.75, 3.05) is 6.54 Å². The van der Waals surface area contributed by atoms with Crippen LogP contribution >= 0.6 is 0 Å². The molecule has 0 aromatic carbocycles. The van der Waals surface area contributed by atoms with E-state index in [4.69, 9.17) is 0 Å². The third-order valence-corrected chi connectivity index (χ3v) is 5.29. The quantitative estimate of drug-likeness (QED) is 0.865. The molecule has 6 heteroatoms. The molecule has 0 unspecified atom stereocenters. The highest BCUT2D eigenvalue weighted by molar-refractivity contribution is 5.72. The highest BCUT2D eigenvalue weighted by Crippen LogP contribution is 2.33. The van der Waals surface area contributed by atoms with E-state index in [-0.39, 0.29) is 5.91 Å². The summed E-state index contributed by atoms with van der Waals surface area (Å²) in [5, 5.41) is 7.47. The number of nitrogens with one attached hydrogen (secondary N) is 1. The predicted octanol–water partition coefficient (Wildman–Crippen LogP) is 2.89. The maximum absolute atomic E-state index is 11.0. The van der Waals surface area contributed by atoms with Gasteiger partial charge in [0, 0.05) is 44.0 Å². The van der Waals surface area contributed by atoms with E-state index in [1.807, 2.05) is 6.20 Å². The van der Waals surface area contributed by atoms with Crippen LogP contribution in [0.3, 0.4) is 0 Å². The third kappa shape index (κ3) is 3.96. The molecule has 0 saturated carbocycles. The van der Waals surface area contributed by atoms with Crippen LogP contribution in [0.2, 0.25) is 0 Å². The molecule has 1 aliphatic rings. The Balaban J connectivity index is 1.72. The Hall–Kier alpha value is -2.21. The summed E-state index contributed by atoms with van der Waals surface area (Å²) in [6, 6.07) is 4.53. The summed E-state index contributed by atoms with van der Waals surface area (Å²) in [4.78, 5) is 18.2. The summed E-state index contributed by atoms with van der Waals surface area (Å²) in [7, 11) is 0. The molecule has 1 amide bonds. The largest absolute Gasteiger partial charge is 0.352 e. The zero-order chi connectivity index (χ0) is 18.7. The van der Waals surface area contributed by atoms with Crippen LogP contribution in [0.25, 0.3) is 0 Å². The monoisotopic (exact) mass is 355 g/mol. The topological polar surface area (TPSA) is 63.1 Å². The zero-order valence-electron chi connectivity index (χ0n) is 16.2. The van der Waals surface area contributed by atoms with Crippen LogP contribution in [0.1, 0.15) is 60.9 Å². The molecule has 0 bridgehead atoms. The number of rotatable bonds is 6. The first kappa shape index (κ1) is 18.6. The normalized spacial score (nSPS) is 17.6. The summed E-state index contributed by atoms with van der Waals surface area (Å²) in [6.45, 7) is 11.4. The molecular weight excluding hydrogens is 326 g/mol. The second-order valence-corrected chi connectivity index (χ2v) is 7.09. The fourth-order valence-corrected chi connectivity index (χ4v) is 3.79. The van der Waals surface area contributed by atoms with Crippen LogP contribution in [0.4, 0.5) is 0 Å². The number of likely N-dealkylation sites (tertiary alicyclic amines) is 1. The first-order chi connectivity index (χ1) is 12.5. The van der Waals surface area contributed by atoms with E-state index in [0.717, 1.165) is 43.0 Å². The molecule has 26 heavy (non-hydrogen) atoms. The van der Waals surface area contributed by atoms with Crippen molar-refractivity contribution in [2.24, 2.45) is 0 Å². The number of carbonyl (C=O) groups is 1. The Bertz CT molecular complexity index is 765. The highest BCUT2D eigenvalue weighted by atomic mass is 16.1. The molecular formula is C20H29N5O.